The summed E-state index contributed by atoms with van der Waals surface area (Å²) < 4.78 is 0. The summed E-state index contributed by atoms with van der Waals surface area (Å²) in [6.07, 6.45) is 0.797. The molecule has 0 heterocycles. The van der Waals surface area contributed by atoms with E-state index in [2.05, 4.69) is 10.6 Å². The number of anilines is 2. The van der Waals surface area contributed by atoms with E-state index in [4.69, 9.17) is 0 Å². The van der Waals surface area contributed by atoms with Gasteiger partial charge in [0.05, 0.1) is 11.3 Å². The average Bonchev–Trinajstić information content (AvgIpc) is 2.99. The third kappa shape index (κ3) is 3.39. The Labute approximate surface area is 122 Å². The van der Waals surface area contributed by atoms with E-state index in [0.717, 1.165) is 6.42 Å². The standard InChI is InChI=1S/C15H18N2O4/c1-8(18)16-9-4-5-12(10(6-9)14(20)21)17-13(19)11-7-15(11,2)3/h4-6,11H,7H2,1-3H3,(H,16,18)(H,17,19)(H,20,21). The molecule has 0 saturated heterocycles. The Bertz CT molecular complexity index is 622. The number of nitrogens with one attached hydrogen (secondary N) is 2. The molecule has 0 radical (unpaired) electrons. The molecule has 1 aliphatic carbocycles. The Kier molecular flexibility index (Phi) is 3.72. The first kappa shape index (κ1) is 15.0. The summed E-state index contributed by atoms with van der Waals surface area (Å²) >= 11 is 0. The lowest BCUT2D eigenvalue weighted by Crippen LogP contribution is -2.19. The molecule has 6 nitrogen and oxygen atoms in total. The van der Waals surface area contributed by atoms with Crippen LogP contribution < -0.4 is 10.6 Å². The highest BCUT2D eigenvalue weighted by Crippen LogP contribution is 2.52. The van der Waals surface area contributed by atoms with Crippen molar-refractivity contribution in [3.05, 3.63) is 23.8 Å². The monoisotopic (exact) mass is 290 g/mol. The van der Waals surface area contributed by atoms with Gasteiger partial charge in [-0.25, -0.2) is 4.79 Å². The van der Waals surface area contributed by atoms with Crippen LogP contribution >= 0.6 is 0 Å². The Balaban J connectivity index is 2.21. The third-order valence-electron chi connectivity index (χ3n) is 3.66. The van der Waals surface area contributed by atoms with Crippen molar-refractivity contribution in [3.63, 3.8) is 0 Å². The second-order valence-corrected chi connectivity index (χ2v) is 5.98. The topological polar surface area (TPSA) is 95.5 Å². The first-order valence-electron chi connectivity index (χ1n) is 6.66. The Morgan fingerprint density at radius 3 is 2.33 bits per heavy atom. The Morgan fingerprint density at radius 1 is 1.24 bits per heavy atom. The smallest absolute Gasteiger partial charge is 0.337 e. The summed E-state index contributed by atoms with van der Waals surface area (Å²) in [6, 6.07) is 4.38. The second kappa shape index (κ2) is 5.20. The summed E-state index contributed by atoms with van der Waals surface area (Å²) in [4.78, 5) is 34.3. The lowest BCUT2D eigenvalue weighted by Gasteiger charge is -2.11. The molecule has 3 N–H and O–H groups in total. The Hall–Kier alpha value is -2.37. The van der Waals surface area contributed by atoms with Crippen molar-refractivity contribution in [2.24, 2.45) is 11.3 Å². The minimum Gasteiger partial charge on any atom is -0.478 e. The number of hydrogen-bond acceptors (Lipinski definition) is 3. The van der Waals surface area contributed by atoms with Gasteiger partial charge < -0.3 is 15.7 Å². The molecular weight excluding hydrogens is 272 g/mol. The van der Waals surface area contributed by atoms with Crippen LogP contribution in [0.2, 0.25) is 0 Å². The molecule has 1 aromatic carbocycles. The van der Waals surface area contributed by atoms with Crippen LogP contribution in [0.5, 0.6) is 0 Å². The molecule has 6 heteroatoms. The van der Waals surface area contributed by atoms with E-state index in [1.807, 2.05) is 13.8 Å². The van der Waals surface area contributed by atoms with E-state index in [0.29, 0.717) is 5.69 Å². The lowest BCUT2D eigenvalue weighted by molar-refractivity contribution is -0.118. The number of carbonyl (C=O) groups is 3. The fourth-order valence-corrected chi connectivity index (χ4v) is 2.25. The summed E-state index contributed by atoms with van der Waals surface area (Å²) in [5.41, 5.74) is 0.547. The zero-order chi connectivity index (χ0) is 15.8. The summed E-state index contributed by atoms with van der Waals surface area (Å²) in [5.74, 6) is -1.71. The van der Waals surface area contributed by atoms with Gasteiger partial charge in [0, 0.05) is 18.5 Å². The number of rotatable bonds is 4. The number of carbonyl (C=O) groups excluding carboxylic acids is 2. The number of carboxylic acids is 1. The van der Waals surface area contributed by atoms with Crippen molar-refractivity contribution in [2.45, 2.75) is 27.2 Å². The molecule has 1 aromatic rings. The first-order valence-corrected chi connectivity index (χ1v) is 6.66. The molecule has 2 amide bonds. The molecule has 2 rings (SSSR count). The highest BCUT2D eigenvalue weighted by atomic mass is 16.4. The summed E-state index contributed by atoms with van der Waals surface area (Å²) in [6.45, 7) is 5.33. The van der Waals surface area contributed by atoms with Crippen molar-refractivity contribution < 1.29 is 19.5 Å². The lowest BCUT2D eigenvalue weighted by atomic mass is 10.1. The molecule has 1 fully saturated rings. The molecule has 0 bridgehead atoms. The molecule has 21 heavy (non-hydrogen) atoms. The molecule has 1 aliphatic rings. The van der Waals surface area contributed by atoms with Gasteiger partial charge in [0.2, 0.25) is 11.8 Å². The second-order valence-electron chi connectivity index (χ2n) is 5.98. The van der Waals surface area contributed by atoms with E-state index in [-0.39, 0.29) is 34.4 Å². The van der Waals surface area contributed by atoms with Gasteiger partial charge in [-0.3, -0.25) is 9.59 Å². The van der Waals surface area contributed by atoms with Gasteiger partial charge in [0.1, 0.15) is 0 Å². The van der Waals surface area contributed by atoms with Crippen molar-refractivity contribution in [3.8, 4) is 0 Å². The number of aromatic carboxylic acids is 1. The maximum absolute atomic E-state index is 12.1. The van der Waals surface area contributed by atoms with Gasteiger partial charge in [0.15, 0.2) is 0 Å². The molecule has 0 spiro atoms. The molecular formula is C15H18N2O4. The largest absolute Gasteiger partial charge is 0.478 e. The zero-order valence-electron chi connectivity index (χ0n) is 12.2. The number of amides is 2. The van der Waals surface area contributed by atoms with Crippen LogP contribution in [0.25, 0.3) is 0 Å². The van der Waals surface area contributed by atoms with Gasteiger partial charge >= 0.3 is 5.97 Å². The van der Waals surface area contributed by atoms with Gasteiger partial charge in [0.25, 0.3) is 0 Å². The minimum absolute atomic E-state index is 0.0242. The molecule has 1 unspecified atom stereocenters. The average molecular weight is 290 g/mol. The van der Waals surface area contributed by atoms with E-state index < -0.39 is 5.97 Å². The van der Waals surface area contributed by atoms with Gasteiger partial charge in [-0.15, -0.1) is 0 Å². The highest BCUT2D eigenvalue weighted by Gasteiger charge is 2.50. The number of benzene rings is 1. The van der Waals surface area contributed by atoms with Crippen molar-refractivity contribution in [2.75, 3.05) is 10.6 Å². The molecule has 1 saturated carbocycles. The molecule has 1 atom stereocenters. The van der Waals surface area contributed by atoms with E-state index >= 15 is 0 Å². The normalized spacial score (nSPS) is 18.7. The number of hydrogen-bond donors (Lipinski definition) is 3. The quantitative estimate of drug-likeness (QED) is 0.793. The fraction of sp³-hybridized carbons (Fsp3) is 0.400. The van der Waals surface area contributed by atoms with Gasteiger partial charge in [-0.05, 0) is 30.0 Å². The highest BCUT2D eigenvalue weighted by molar-refractivity contribution is 6.03. The molecule has 0 aromatic heterocycles. The number of carboxylic acid groups (broad SMARTS) is 1. The van der Waals surface area contributed by atoms with E-state index in [1.54, 1.807) is 6.07 Å². The minimum atomic E-state index is -1.16. The van der Waals surface area contributed by atoms with Crippen LogP contribution in [0, 0.1) is 11.3 Å². The SMILES string of the molecule is CC(=O)Nc1ccc(NC(=O)C2CC2(C)C)c(C(=O)O)c1. The van der Waals surface area contributed by atoms with Gasteiger partial charge in [-0.2, -0.15) is 0 Å². The van der Waals surface area contributed by atoms with Crippen LogP contribution in [-0.4, -0.2) is 22.9 Å². The van der Waals surface area contributed by atoms with Crippen LogP contribution in [0.3, 0.4) is 0 Å². The predicted molar refractivity (Wildman–Crippen MR) is 78.2 cm³/mol. The third-order valence-corrected chi connectivity index (χ3v) is 3.66. The first-order chi connectivity index (χ1) is 9.70. The maximum atomic E-state index is 12.1. The van der Waals surface area contributed by atoms with Gasteiger partial charge in [-0.1, -0.05) is 13.8 Å². The van der Waals surface area contributed by atoms with Crippen LogP contribution in [-0.2, 0) is 9.59 Å². The van der Waals surface area contributed by atoms with E-state index in [9.17, 15) is 19.5 Å². The van der Waals surface area contributed by atoms with Crippen molar-refractivity contribution in [1.29, 1.82) is 0 Å². The van der Waals surface area contributed by atoms with Crippen molar-refractivity contribution in [1.82, 2.24) is 0 Å². The zero-order valence-corrected chi connectivity index (χ0v) is 12.2. The van der Waals surface area contributed by atoms with E-state index in [1.165, 1.54) is 19.1 Å². The van der Waals surface area contributed by atoms with Crippen LogP contribution in [0.4, 0.5) is 11.4 Å². The summed E-state index contributed by atoms with van der Waals surface area (Å²) in [7, 11) is 0. The summed E-state index contributed by atoms with van der Waals surface area (Å²) in [5, 5.41) is 14.4. The maximum Gasteiger partial charge on any atom is 0.337 e. The Morgan fingerprint density at radius 2 is 1.86 bits per heavy atom. The molecule has 0 aliphatic heterocycles. The fourth-order valence-electron chi connectivity index (χ4n) is 2.25. The molecule has 112 valence electrons. The predicted octanol–water partition coefficient (Wildman–Crippen LogP) is 2.33. The van der Waals surface area contributed by atoms with Crippen molar-refractivity contribution >= 4 is 29.2 Å². The van der Waals surface area contributed by atoms with Crippen LogP contribution in [0.1, 0.15) is 37.6 Å². The van der Waals surface area contributed by atoms with Crippen LogP contribution in [0.15, 0.2) is 18.2 Å².